The number of allylic oxidation sites excluding steroid dienone is 1. The second-order valence-corrected chi connectivity index (χ2v) is 5.27. The fourth-order valence-electron chi connectivity index (χ4n) is 1.86. The van der Waals surface area contributed by atoms with Crippen LogP contribution >= 0.6 is 11.6 Å². The van der Waals surface area contributed by atoms with Gasteiger partial charge in [0.25, 0.3) is 0 Å². The maximum atomic E-state index is 12.1. The molecular weight excluding hydrogens is 288 g/mol. The van der Waals surface area contributed by atoms with E-state index in [0.29, 0.717) is 11.1 Å². The van der Waals surface area contributed by atoms with E-state index in [1.54, 1.807) is 12.1 Å². The topological polar surface area (TPSA) is 57.5 Å². The number of aryl methyl sites for hydroxylation is 2. The second kappa shape index (κ2) is 6.02. The Labute approximate surface area is 128 Å². The third-order valence-corrected chi connectivity index (χ3v) is 3.57. The fraction of sp³-hybridized carbons (Fsp3) is 0.118. The van der Waals surface area contributed by atoms with Gasteiger partial charge in [-0.25, -0.2) is 0 Å². The number of phenolic OH excluding ortho intramolecular Hbond substituents is 2. The number of halogens is 1. The van der Waals surface area contributed by atoms with Gasteiger partial charge in [-0.15, -0.1) is 0 Å². The van der Waals surface area contributed by atoms with Crippen LogP contribution in [0, 0.1) is 13.8 Å². The lowest BCUT2D eigenvalue weighted by Crippen LogP contribution is -1.95. The molecule has 21 heavy (non-hydrogen) atoms. The summed E-state index contributed by atoms with van der Waals surface area (Å²) < 4.78 is 0. The predicted molar refractivity (Wildman–Crippen MR) is 84.1 cm³/mol. The second-order valence-electron chi connectivity index (χ2n) is 4.87. The monoisotopic (exact) mass is 302 g/mol. The van der Waals surface area contributed by atoms with Crippen LogP contribution in [0.15, 0.2) is 36.4 Å². The molecule has 0 heterocycles. The SMILES string of the molecule is Cc1ccc(C(=O)/C=C/c2cc(O)c(O)c(Cl)c2)cc1C. The minimum Gasteiger partial charge on any atom is -0.504 e. The number of ketones is 1. The van der Waals surface area contributed by atoms with E-state index in [1.807, 2.05) is 26.0 Å². The van der Waals surface area contributed by atoms with Gasteiger partial charge in [0.2, 0.25) is 0 Å². The van der Waals surface area contributed by atoms with Crippen molar-refractivity contribution in [1.82, 2.24) is 0 Å². The summed E-state index contributed by atoms with van der Waals surface area (Å²) in [5.41, 5.74) is 3.32. The van der Waals surface area contributed by atoms with Gasteiger partial charge in [-0.3, -0.25) is 4.79 Å². The molecule has 0 atom stereocenters. The van der Waals surface area contributed by atoms with Crippen LogP contribution in [0.3, 0.4) is 0 Å². The van der Waals surface area contributed by atoms with Gasteiger partial charge in [0.05, 0.1) is 5.02 Å². The number of hydrogen-bond acceptors (Lipinski definition) is 3. The zero-order valence-electron chi connectivity index (χ0n) is 11.7. The lowest BCUT2D eigenvalue weighted by Gasteiger charge is -2.03. The molecule has 2 aromatic carbocycles. The smallest absolute Gasteiger partial charge is 0.185 e. The molecule has 0 amide bonds. The molecule has 0 aliphatic heterocycles. The number of hydrogen-bond donors (Lipinski definition) is 2. The van der Waals surface area contributed by atoms with Crippen LogP contribution in [0.1, 0.15) is 27.0 Å². The predicted octanol–water partition coefficient (Wildman–Crippen LogP) is 4.26. The Morgan fingerprint density at radius 3 is 2.43 bits per heavy atom. The van der Waals surface area contributed by atoms with Crippen molar-refractivity contribution in [3.05, 3.63) is 63.7 Å². The Morgan fingerprint density at radius 2 is 1.81 bits per heavy atom. The molecule has 0 spiro atoms. The lowest BCUT2D eigenvalue weighted by molar-refractivity contribution is 0.104. The number of phenols is 2. The van der Waals surface area contributed by atoms with Gasteiger partial charge < -0.3 is 10.2 Å². The Morgan fingerprint density at radius 1 is 1.10 bits per heavy atom. The molecule has 0 saturated heterocycles. The van der Waals surface area contributed by atoms with Crippen LogP contribution in [0.5, 0.6) is 11.5 Å². The summed E-state index contributed by atoms with van der Waals surface area (Å²) in [4.78, 5) is 12.1. The van der Waals surface area contributed by atoms with E-state index in [4.69, 9.17) is 11.6 Å². The Balaban J connectivity index is 2.24. The van der Waals surface area contributed by atoms with E-state index in [-0.39, 0.29) is 22.3 Å². The standard InChI is InChI=1S/C17H15ClO3/c1-10-3-5-13(7-11(10)2)15(19)6-4-12-8-14(18)17(21)16(20)9-12/h3-9,20-21H,1-2H3/b6-4+. The van der Waals surface area contributed by atoms with E-state index in [2.05, 4.69) is 0 Å². The molecule has 0 aliphatic carbocycles. The quantitative estimate of drug-likeness (QED) is 0.506. The van der Waals surface area contributed by atoms with Gasteiger partial charge in [-0.2, -0.15) is 0 Å². The van der Waals surface area contributed by atoms with Gasteiger partial charge in [0.1, 0.15) is 0 Å². The molecule has 0 bridgehead atoms. The number of carbonyl (C=O) groups excluding carboxylic acids is 1. The van der Waals surface area contributed by atoms with Gasteiger partial charge in [0.15, 0.2) is 17.3 Å². The minimum atomic E-state index is -0.366. The first kappa shape index (κ1) is 15.1. The molecule has 2 aromatic rings. The number of carbonyl (C=O) groups is 1. The Bertz CT molecular complexity index is 710. The van der Waals surface area contributed by atoms with Crippen molar-refractivity contribution in [2.75, 3.05) is 0 Å². The first-order chi connectivity index (χ1) is 9.88. The number of aromatic hydroxyl groups is 2. The van der Waals surface area contributed by atoms with Crippen LogP contribution in [-0.4, -0.2) is 16.0 Å². The highest BCUT2D eigenvalue weighted by Gasteiger charge is 2.07. The largest absolute Gasteiger partial charge is 0.504 e. The highest BCUT2D eigenvalue weighted by Crippen LogP contribution is 2.34. The van der Waals surface area contributed by atoms with Crippen LogP contribution in [0.4, 0.5) is 0 Å². The van der Waals surface area contributed by atoms with Crippen molar-refractivity contribution < 1.29 is 15.0 Å². The van der Waals surface area contributed by atoms with Crippen molar-refractivity contribution in [2.45, 2.75) is 13.8 Å². The number of rotatable bonds is 3. The molecular formula is C17H15ClO3. The molecule has 3 nitrogen and oxygen atoms in total. The van der Waals surface area contributed by atoms with Crippen LogP contribution in [0.2, 0.25) is 5.02 Å². The van der Waals surface area contributed by atoms with Crippen LogP contribution < -0.4 is 0 Å². The van der Waals surface area contributed by atoms with Crippen molar-refractivity contribution in [1.29, 1.82) is 0 Å². The lowest BCUT2D eigenvalue weighted by atomic mass is 10.0. The molecule has 0 aromatic heterocycles. The summed E-state index contributed by atoms with van der Waals surface area (Å²) in [7, 11) is 0. The molecule has 2 N–H and O–H groups in total. The molecule has 0 fully saturated rings. The maximum Gasteiger partial charge on any atom is 0.185 e. The van der Waals surface area contributed by atoms with Crippen LogP contribution in [0.25, 0.3) is 6.08 Å². The van der Waals surface area contributed by atoms with Gasteiger partial charge in [0, 0.05) is 5.56 Å². The zero-order chi connectivity index (χ0) is 15.6. The van der Waals surface area contributed by atoms with E-state index >= 15 is 0 Å². The summed E-state index contributed by atoms with van der Waals surface area (Å²) >= 11 is 5.76. The minimum absolute atomic E-state index is 0.0354. The summed E-state index contributed by atoms with van der Waals surface area (Å²) in [5.74, 6) is -0.822. The molecule has 0 radical (unpaired) electrons. The zero-order valence-corrected chi connectivity index (χ0v) is 12.5. The molecule has 0 aliphatic rings. The summed E-state index contributed by atoms with van der Waals surface area (Å²) in [6, 6.07) is 8.32. The first-order valence-electron chi connectivity index (χ1n) is 6.39. The van der Waals surface area contributed by atoms with Gasteiger partial charge in [-0.05, 0) is 54.8 Å². The summed E-state index contributed by atoms with van der Waals surface area (Å²) in [6.45, 7) is 3.94. The highest BCUT2D eigenvalue weighted by atomic mass is 35.5. The normalized spacial score (nSPS) is 11.0. The Hall–Kier alpha value is -2.26. The van der Waals surface area contributed by atoms with Crippen molar-refractivity contribution >= 4 is 23.5 Å². The fourth-order valence-corrected chi connectivity index (χ4v) is 2.09. The molecule has 108 valence electrons. The molecule has 4 heteroatoms. The number of benzene rings is 2. The first-order valence-corrected chi connectivity index (χ1v) is 6.77. The third kappa shape index (κ3) is 3.44. The van der Waals surface area contributed by atoms with E-state index in [1.165, 1.54) is 18.2 Å². The Kier molecular flexibility index (Phi) is 4.34. The summed E-state index contributed by atoms with van der Waals surface area (Å²) in [5, 5.41) is 18.9. The average molecular weight is 303 g/mol. The summed E-state index contributed by atoms with van der Waals surface area (Å²) in [6.07, 6.45) is 2.95. The van der Waals surface area contributed by atoms with Gasteiger partial charge >= 0.3 is 0 Å². The molecule has 0 unspecified atom stereocenters. The highest BCUT2D eigenvalue weighted by molar-refractivity contribution is 6.32. The van der Waals surface area contributed by atoms with Crippen molar-refractivity contribution in [3.63, 3.8) is 0 Å². The van der Waals surface area contributed by atoms with E-state index in [0.717, 1.165) is 11.1 Å². The molecule has 2 rings (SSSR count). The van der Waals surface area contributed by atoms with E-state index < -0.39 is 0 Å². The van der Waals surface area contributed by atoms with Crippen molar-refractivity contribution in [3.8, 4) is 11.5 Å². The van der Waals surface area contributed by atoms with Gasteiger partial charge in [-0.1, -0.05) is 29.8 Å². The average Bonchev–Trinajstić information content (AvgIpc) is 2.44. The van der Waals surface area contributed by atoms with Crippen molar-refractivity contribution in [2.24, 2.45) is 0 Å². The molecule has 0 saturated carbocycles. The van der Waals surface area contributed by atoms with E-state index in [9.17, 15) is 15.0 Å². The van der Waals surface area contributed by atoms with Crippen LogP contribution in [-0.2, 0) is 0 Å². The maximum absolute atomic E-state index is 12.1. The third-order valence-electron chi connectivity index (χ3n) is 3.28.